The highest BCUT2D eigenvalue weighted by atomic mass is 16.4. The van der Waals surface area contributed by atoms with Crippen molar-refractivity contribution >= 4 is 40.5 Å². The molecule has 0 spiro atoms. The SMILES string of the molecule is CCC(C)C(N)C(=O)NC(CCC(N)=O)C(=O)NC(CO)C(=O)NC(Cc1c[nH]c2ccccc12)C(=O)O. The van der Waals surface area contributed by atoms with Gasteiger partial charge < -0.3 is 42.6 Å². The molecule has 13 nitrogen and oxygen atoms in total. The van der Waals surface area contributed by atoms with Crippen LogP contribution in [0.2, 0.25) is 0 Å². The van der Waals surface area contributed by atoms with Crippen molar-refractivity contribution in [2.75, 3.05) is 6.61 Å². The second kappa shape index (κ2) is 14.1. The molecule has 0 aliphatic heterocycles. The van der Waals surface area contributed by atoms with E-state index < -0.39 is 60.4 Å². The number of aromatic nitrogens is 1. The molecule has 5 atom stereocenters. The van der Waals surface area contributed by atoms with Crippen molar-refractivity contribution in [3.05, 3.63) is 36.0 Å². The predicted octanol–water partition coefficient (Wildman–Crippen LogP) is -1.12. The number of fused-ring (bicyclic) bond motifs is 1. The lowest BCUT2D eigenvalue weighted by Gasteiger charge is -2.25. The molecule has 0 aliphatic carbocycles. The fourth-order valence-corrected chi connectivity index (χ4v) is 3.79. The molecule has 1 aromatic carbocycles. The van der Waals surface area contributed by atoms with Crippen molar-refractivity contribution < 1.29 is 34.2 Å². The van der Waals surface area contributed by atoms with Gasteiger partial charge in [-0.25, -0.2) is 4.79 Å². The largest absolute Gasteiger partial charge is 0.480 e. The van der Waals surface area contributed by atoms with Gasteiger partial charge in [0.1, 0.15) is 18.1 Å². The Balaban J connectivity index is 2.11. The van der Waals surface area contributed by atoms with Crippen LogP contribution >= 0.6 is 0 Å². The van der Waals surface area contributed by atoms with Gasteiger partial charge in [-0.15, -0.1) is 0 Å². The molecule has 0 bridgehead atoms. The van der Waals surface area contributed by atoms with Crippen molar-refractivity contribution in [3.8, 4) is 0 Å². The van der Waals surface area contributed by atoms with Crippen LogP contribution in [0.1, 0.15) is 38.7 Å². The van der Waals surface area contributed by atoms with E-state index in [9.17, 15) is 34.2 Å². The van der Waals surface area contributed by atoms with E-state index in [1.165, 1.54) is 0 Å². The zero-order chi connectivity index (χ0) is 28.4. The van der Waals surface area contributed by atoms with Gasteiger partial charge in [0.2, 0.25) is 23.6 Å². The fourth-order valence-electron chi connectivity index (χ4n) is 3.79. The lowest BCUT2D eigenvalue weighted by atomic mass is 9.98. The first-order valence-corrected chi connectivity index (χ1v) is 12.3. The highest BCUT2D eigenvalue weighted by Gasteiger charge is 2.31. The highest BCUT2D eigenvalue weighted by Crippen LogP contribution is 2.19. The Morgan fingerprint density at radius 3 is 2.18 bits per heavy atom. The molecule has 2 aromatic rings. The van der Waals surface area contributed by atoms with Crippen molar-refractivity contribution in [1.82, 2.24) is 20.9 Å². The normalized spacial score (nSPS) is 15.1. The number of aliphatic carboxylic acids is 1. The van der Waals surface area contributed by atoms with Crippen LogP contribution in [0.15, 0.2) is 30.5 Å². The number of primary amides is 1. The second-order valence-corrected chi connectivity index (χ2v) is 9.18. The summed E-state index contributed by atoms with van der Waals surface area (Å²) in [7, 11) is 0. The fraction of sp³-hybridized carbons (Fsp3) is 0.480. The highest BCUT2D eigenvalue weighted by molar-refractivity contribution is 5.94. The van der Waals surface area contributed by atoms with Crippen LogP contribution in [-0.4, -0.2) is 75.6 Å². The number of hydrogen-bond donors (Lipinski definition) is 8. The van der Waals surface area contributed by atoms with E-state index in [1.807, 2.05) is 25.1 Å². The second-order valence-electron chi connectivity index (χ2n) is 9.18. The number of nitrogens with one attached hydrogen (secondary N) is 4. The average molecular weight is 533 g/mol. The summed E-state index contributed by atoms with van der Waals surface area (Å²) in [5, 5.41) is 27.3. The minimum Gasteiger partial charge on any atom is -0.480 e. The number of aliphatic hydroxyl groups excluding tert-OH is 1. The molecule has 208 valence electrons. The van der Waals surface area contributed by atoms with Crippen molar-refractivity contribution in [2.24, 2.45) is 17.4 Å². The minimum absolute atomic E-state index is 0.0536. The molecule has 0 aliphatic rings. The molecule has 13 heteroatoms. The molecule has 38 heavy (non-hydrogen) atoms. The number of amides is 4. The van der Waals surface area contributed by atoms with Gasteiger partial charge in [-0.2, -0.15) is 0 Å². The number of aliphatic hydroxyl groups is 1. The monoisotopic (exact) mass is 532 g/mol. The Bertz CT molecular complexity index is 1150. The van der Waals surface area contributed by atoms with E-state index in [0.717, 1.165) is 10.9 Å². The average Bonchev–Trinajstić information content (AvgIpc) is 3.30. The molecule has 0 saturated carbocycles. The topological polar surface area (TPSA) is 230 Å². The third-order valence-electron chi connectivity index (χ3n) is 6.40. The smallest absolute Gasteiger partial charge is 0.326 e. The number of H-pyrrole nitrogens is 1. The Labute approximate surface area is 219 Å². The first-order chi connectivity index (χ1) is 18.0. The standard InChI is InChI=1S/C25H36N6O7/c1-3-13(2)21(27)24(36)29-17(8-9-20(26)33)22(34)31-19(12-32)23(35)30-18(25(37)38)10-14-11-28-16-7-5-4-6-15(14)16/h4-7,11,13,17-19,21,28,32H,3,8-10,12,27H2,1-2H3,(H2,26,33)(H,29,36)(H,30,35)(H,31,34)(H,37,38). The number of carboxylic acids is 1. The Hall–Kier alpha value is -3.97. The van der Waals surface area contributed by atoms with Gasteiger partial charge in [0.25, 0.3) is 0 Å². The lowest BCUT2D eigenvalue weighted by Crippen LogP contribution is -2.58. The van der Waals surface area contributed by atoms with Crippen LogP contribution in [0.4, 0.5) is 0 Å². The maximum absolute atomic E-state index is 12.9. The van der Waals surface area contributed by atoms with Crippen molar-refractivity contribution in [1.29, 1.82) is 0 Å². The van der Waals surface area contributed by atoms with Crippen LogP contribution in [-0.2, 0) is 30.4 Å². The molecule has 0 saturated heterocycles. The van der Waals surface area contributed by atoms with Gasteiger partial charge in [-0.1, -0.05) is 38.5 Å². The molecular formula is C25H36N6O7. The summed E-state index contributed by atoms with van der Waals surface area (Å²) in [4.78, 5) is 64.5. The first-order valence-electron chi connectivity index (χ1n) is 12.3. The number of carbonyl (C=O) groups excluding carboxylic acids is 4. The molecule has 5 unspecified atom stereocenters. The third-order valence-corrected chi connectivity index (χ3v) is 6.40. The summed E-state index contributed by atoms with van der Waals surface area (Å²) >= 11 is 0. The van der Waals surface area contributed by atoms with E-state index in [-0.39, 0.29) is 25.2 Å². The van der Waals surface area contributed by atoms with Crippen LogP contribution in [0.5, 0.6) is 0 Å². The quantitative estimate of drug-likeness (QED) is 0.140. The first kappa shape index (κ1) is 30.3. The molecule has 0 fully saturated rings. The minimum atomic E-state index is -1.52. The maximum atomic E-state index is 12.9. The number of nitrogens with two attached hydrogens (primary N) is 2. The lowest BCUT2D eigenvalue weighted by molar-refractivity contribution is -0.142. The summed E-state index contributed by atoms with van der Waals surface area (Å²) in [5.74, 6) is -4.63. The maximum Gasteiger partial charge on any atom is 0.326 e. The van der Waals surface area contributed by atoms with Crippen LogP contribution < -0.4 is 27.4 Å². The van der Waals surface area contributed by atoms with Gasteiger partial charge in [0, 0.05) is 29.9 Å². The van der Waals surface area contributed by atoms with Crippen molar-refractivity contribution in [3.63, 3.8) is 0 Å². The number of benzene rings is 1. The van der Waals surface area contributed by atoms with Gasteiger partial charge >= 0.3 is 5.97 Å². The predicted molar refractivity (Wildman–Crippen MR) is 138 cm³/mol. The van der Waals surface area contributed by atoms with E-state index >= 15 is 0 Å². The summed E-state index contributed by atoms with van der Waals surface area (Å²) in [5.41, 5.74) is 12.6. The zero-order valence-corrected chi connectivity index (χ0v) is 21.4. The van der Waals surface area contributed by atoms with Gasteiger partial charge in [-0.05, 0) is 24.0 Å². The molecule has 1 heterocycles. The number of hydrogen-bond acceptors (Lipinski definition) is 7. The van der Waals surface area contributed by atoms with Gasteiger partial charge in [0.05, 0.1) is 12.6 Å². The summed E-state index contributed by atoms with van der Waals surface area (Å²) < 4.78 is 0. The number of para-hydroxylation sites is 1. The van der Waals surface area contributed by atoms with E-state index in [4.69, 9.17) is 11.5 Å². The summed E-state index contributed by atoms with van der Waals surface area (Å²) in [6, 6.07) is 2.20. The van der Waals surface area contributed by atoms with Gasteiger partial charge in [-0.3, -0.25) is 19.2 Å². The van der Waals surface area contributed by atoms with Crippen LogP contribution in [0.3, 0.4) is 0 Å². The third kappa shape index (κ3) is 8.28. The molecular weight excluding hydrogens is 496 g/mol. The van der Waals surface area contributed by atoms with Gasteiger partial charge in [0.15, 0.2) is 0 Å². The molecule has 4 amide bonds. The zero-order valence-electron chi connectivity index (χ0n) is 21.4. The molecule has 0 radical (unpaired) electrons. The van der Waals surface area contributed by atoms with Crippen molar-refractivity contribution in [2.45, 2.75) is 63.7 Å². The molecule has 10 N–H and O–H groups in total. The number of carbonyl (C=O) groups is 5. The molecule has 1 aromatic heterocycles. The van der Waals surface area contributed by atoms with Crippen LogP contribution in [0, 0.1) is 5.92 Å². The summed E-state index contributed by atoms with van der Waals surface area (Å²) in [6.07, 6.45) is 1.80. The van der Waals surface area contributed by atoms with E-state index in [1.54, 1.807) is 19.2 Å². The van der Waals surface area contributed by atoms with E-state index in [2.05, 4.69) is 20.9 Å². The van der Waals surface area contributed by atoms with Crippen LogP contribution in [0.25, 0.3) is 10.9 Å². The molecule has 2 rings (SSSR count). The number of rotatable bonds is 15. The Kier molecular flexibility index (Phi) is 11.2. The number of carboxylic acid groups (broad SMARTS) is 1. The Morgan fingerprint density at radius 1 is 0.974 bits per heavy atom. The summed E-state index contributed by atoms with van der Waals surface area (Å²) in [6.45, 7) is 2.77. The van der Waals surface area contributed by atoms with E-state index in [0.29, 0.717) is 12.0 Å². The Morgan fingerprint density at radius 2 is 1.58 bits per heavy atom. The number of aromatic amines is 1.